The highest BCUT2D eigenvalue weighted by Gasteiger charge is 2.31. The summed E-state index contributed by atoms with van der Waals surface area (Å²) in [6.07, 6.45) is 1.34. The Labute approximate surface area is 140 Å². The zero-order valence-electron chi connectivity index (χ0n) is 13.9. The van der Waals surface area contributed by atoms with Gasteiger partial charge in [0.2, 0.25) is 0 Å². The van der Waals surface area contributed by atoms with Gasteiger partial charge in [0.25, 0.3) is 0 Å². The van der Waals surface area contributed by atoms with Crippen molar-refractivity contribution in [2.24, 2.45) is 5.92 Å². The van der Waals surface area contributed by atoms with Crippen LogP contribution in [0.4, 0.5) is 5.69 Å². The fraction of sp³-hybridized carbons (Fsp3) is 0.471. The molecule has 0 aromatic heterocycles. The van der Waals surface area contributed by atoms with Crippen LogP contribution in [0.5, 0.6) is 5.75 Å². The van der Waals surface area contributed by atoms with Crippen molar-refractivity contribution in [3.8, 4) is 5.75 Å². The summed E-state index contributed by atoms with van der Waals surface area (Å²) in [6.45, 7) is 2.73. The summed E-state index contributed by atoms with van der Waals surface area (Å²) in [5.41, 5.74) is 0.508. The Bertz CT molecular complexity index is 600. The Morgan fingerprint density at radius 1 is 1.25 bits per heavy atom. The summed E-state index contributed by atoms with van der Waals surface area (Å²) in [4.78, 5) is 37.6. The summed E-state index contributed by atoms with van der Waals surface area (Å²) in [5, 5.41) is 2.56. The van der Waals surface area contributed by atoms with Crippen LogP contribution >= 0.6 is 0 Å². The largest absolute Gasteiger partial charge is 0.497 e. The molecule has 0 saturated carbocycles. The number of esters is 1. The monoisotopic (exact) mass is 334 g/mol. The summed E-state index contributed by atoms with van der Waals surface area (Å²) >= 11 is 0. The van der Waals surface area contributed by atoms with E-state index >= 15 is 0 Å². The van der Waals surface area contributed by atoms with Crippen LogP contribution in [0.1, 0.15) is 19.8 Å². The fourth-order valence-corrected chi connectivity index (χ4v) is 2.62. The molecule has 2 rings (SSSR count). The predicted octanol–water partition coefficient (Wildman–Crippen LogP) is 1.44. The van der Waals surface area contributed by atoms with Crippen molar-refractivity contribution in [3.05, 3.63) is 24.3 Å². The molecule has 24 heavy (non-hydrogen) atoms. The molecule has 2 amide bonds. The average Bonchev–Trinajstić information content (AvgIpc) is 2.62. The third-order valence-corrected chi connectivity index (χ3v) is 3.87. The lowest BCUT2D eigenvalue weighted by atomic mass is 9.98. The summed E-state index contributed by atoms with van der Waals surface area (Å²) < 4.78 is 10.0. The van der Waals surface area contributed by atoms with Gasteiger partial charge in [-0.1, -0.05) is 0 Å². The summed E-state index contributed by atoms with van der Waals surface area (Å²) in [6, 6.07) is 6.69. The molecule has 1 N–H and O–H groups in total. The minimum atomic E-state index is -0.718. The van der Waals surface area contributed by atoms with E-state index in [0.717, 1.165) is 0 Å². The molecule has 0 bridgehead atoms. The second-order valence-electron chi connectivity index (χ2n) is 5.52. The number of anilines is 1. The van der Waals surface area contributed by atoms with Crippen LogP contribution < -0.4 is 10.1 Å². The molecule has 1 aromatic rings. The highest BCUT2D eigenvalue weighted by molar-refractivity contribution is 6.39. The maximum atomic E-state index is 12.3. The van der Waals surface area contributed by atoms with Gasteiger partial charge in [-0.25, -0.2) is 0 Å². The minimum absolute atomic E-state index is 0.216. The first-order valence-electron chi connectivity index (χ1n) is 7.96. The highest BCUT2D eigenvalue weighted by Crippen LogP contribution is 2.19. The third-order valence-electron chi connectivity index (χ3n) is 3.87. The van der Waals surface area contributed by atoms with Gasteiger partial charge < -0.3 is 19.7 Å². The number of carbonyl (C=O) groups is 3. The van der Waals surface area contributed by atoms with Gasteiger partial charge in [0.1, 0.15) is 5.75 Å². The molecule has 130 valence electrons. The van der Waals surface area contributed by atoms with Gasteiger partial charge in [0.05, 0.1) is 19.6 Å². The molecule has 1 saturated heterocycles. The number of carbonyl (C=O) groups excluding carboxylic acids is 3. The molecule has 1 fully saturated rings. The molecule has 1 unspecified atom stereocenters. The smallest absolute Gasteiger partial charge is 0.313 e. The van der Waals surface area contributed by atoms with Gasteiger partial charge in [-0.3, -0.25) is 14.4 Å². The van der Waals surface area contributed by atoms with Gasteiger partial charge in [-0.05, 0) is 44.0 Å². The number of hydrogen-bond donors (Lipinski definition) is 1. The van der Waals surface area contributed by atoms with E-state index in [2.05, 4.69) is 5.32 Å². The van der Waals surface area contributed by atoms with Crippen LogP contribution in [0, 0.1) is 5.92 Å². The van der Waals surface area contributed by atoms with Crippen molar-refractivity contribution >= 4 is 23.5 Å². The second-order valence-corrected chi connectivity index (χ2v) is 5.52. The fourth-order valence-electron chi connectivity index (χ4n) is 2.62. The lowest BCUT2D eigenvalue weighted by molar-refractivity contribution is -0.153. The summed E-state index contributed by atoms with van der Waals surface area (Å²) in [5.74, 6) is -1.38. The van der Waals surface area contributed by atoms with E-state index in [-0.39, 0.29) is 18.4 Å². The maximum Gasteiger partial charge on any atom is 0.313 e. The molecule has 0 aliphatic carbocycles. The number of benzene rings is 1. The minimum Gasteiger partial charge on any atom is -0.497 e. The maximum absolute atomic E-state index is 12.3. The van der Waals surface area contributed by atoms with Crippen molar-refractivity contribution in [1.82, 2.24) is 4.90 Å². The van der Waals surface area contributed by atoms with Gasteiger partial charge in [-0.15, -0.1) is 0 Å². The van der Waals surface area contributed by atoms with Crippen molar-refractivity contribution in [3.63, 3.8) is 0 Å². The average molecular weight is 334 g/mol. The van der Waals surface area contributed by atoms with E-state index in [1.807, 2.05) is 0 Å². The van der Waals surface area contributed by atoms with Crippen LogP contribution in [0.25, 0.3) is 0 Å². The van der Waals surface area contributed by atoms with E-state index in [9.17, 15) is 14.4 Å². The normalized spacial score (nSPS) is 17.1. The number of methoxy groups -OCH3 is 1. The van der Waals surface area contributed by atoms with Crippen molar-refractivity contribution in [1.29, 1.82) is 0 Å². The van der Waals surface area contributed by atoms with Gasteiger partial charge >= 0.3 is 17.8 Å². The predicted molar refractivity (Wildman–Crippen MR) is 87.6 cm³/mol. The molecular formula is C17H22N2O5. The molecule has 1 atom stereocenters. The van der Waals surface area contributed by atoms with Crippen LogP contribution in [0.3, 0.4) is 0 Å². The molecule has 7 nitrogen and oxygen atoms in total. The van der Waals surface area contributed by atoms with Crippen molar-refractivity contribution < 1.29 is 23.9 Å². The number of hydrogen-bond acceptors (Lipinski definition) is 5. The number of ether oxygens (including phenoxy) is 2. The lowest BCUT2D eigenvalue weighted by Crippen LogP contribution is -2.47. The molecule has 1 heterocycles. The van der Waals surface area contributed by atoms with Crippen LogP contribution in [0.15, 0.2) is 24.3 Å². The molecule has 1 aliphatic heterocycles. The first kappa shape index (κ1) is 17.8. The number of nitrogens with one attached hydrogen (secondary N) is 1. The Morgan fingerprint density at radius 3 is 2.58 bits per heavy atom. The van der Waals surface area contributed by atoms with E-state index in [1.165, 1.54) is 4.90 Å². The SMILES string of the molecule is CCOC(=O)C1CCCN(C(=O)C(=O)Nc2ccc(OC)cc2)C1. The Morgan fingerprint density at radius 2 is 1.96 bits per heavy atom. The second kappa shape index (κ2) is 8.33. The van der Waals surface area contributed by atoms with Crippen LogP contribution in [0.2, 0.25) is 0 Å². The van der Waals surface area contributed by atoms with Gasteiger partial charge in [0, 0.05) is 18.8 Å². The molecule has 1 aromatic carbocycles. The molecular weight excluding hydrogens is 312 g/mol. The van der Waals surface area contributed by atoms with Crippen molar-refractivity contribution in [2.75, 3.05) is 32.1 Å². The highest BCUT2D eigenvalue weighted by atomic mass is 16.5. The lowest BCUT2D eigenvalue weighted by Gasteiger charge is -2.30. The Balaban J connectivity index is 1.94. The van der Waals surface area contributed by atoms with Gasteiger partial charge in [-0.2, -0.15) is 0 Å². The standard InChI is InChI=1S/C17H22N2O5/c1-3-24-17(22)12-5-4-10-19(11-12)16(21)15(20)18-13-6-8-14(23-2)9-7-13/h6-9,12H,3-5,10-11H2,1-2H3,(H,18,20). The topological polar surface area (TPSA) is 84.9 Å². The molecule has 7 heteroatoms. The Hall–Kier alpha value is -2.57. The van der Waals surface area contributed by atoms with E-state index in [4.69, 9.17) is 9.47 Å². The third kappa shape index (κ3) is 4.47. The number of piperidine rings is 1. The first-order chi connectivity index (χ1) is 11.5. The quantitative estimate of drug-likeness (QED) is 0.665. The van der Waals surface area contributed by atoms with E-state index in [0.29, 0.717) is 37.4 Å². The number of rotatable bonds is 4. The zero-order chi connectivity index (χ0) is 17.5. The number of amides is 2. The molecule has 0 spiro atoms. The molecule has 1 aliphatic rings. The number of nitrogens with zero attached hydrogens (tertiary/aromatic N) is 1. The van der Waals surface area contributed by atoms with Crippen LogP contribution in [-0.2, 0) is 19.1 Å². The van der Waals surface area contributed by atoms with Crippen LogP contribution in [-0.4, -0.2) is 49.5 Å². The number of likely N-dealkylation sites (tertiary alicyclic amines) is 1. The van der Waals surface area contributed by atoms with E-state index < -0.39 is 11.8 Å². The zero-order valence-corrected chi connectivity index (χ0v) is 13.9. The molecule has 0 radical (unpaired) electrons. The van der Waals surface area contributed by atoms with Gasteiger partial charge in [0.15, 0.2) is 0 Å². The van der Waals surface area contributed by atoms with E-state index in [1.54, 1.807) is 38.3 Å². The van der Waals surface area contributed by atoms with Crippen molar-refractivity contribution in [2.45, 2.75) is 19.8 Å². The first-order valence-corrected chi connectivity index (χ1v) is 7.96. The summed E-state index contributed by atoms with van der Waals surface area (Å²) in [7, 11) is 1.55. The Kier molecular flexibility index (Phi) is 6.17.